The normalized spacial score (nSPS) is 15.2. The Hall–Kier alpha value is -3.37. The number of benzene rings is 3. The van der Waals surface area contributed by atoms with Crippen LogP contribution in [-0.4, -0.2) is 10.8 Å². The van der Waals surface area contributed by atoms with Crippen molar-refractivity contribution in [1.29, 1.82) is 0 Å². The van der Waals surface area contributed by atoms with Crippen LogP contribution in [0.15, 0.2) is 83.3 Å². The highest BCUT2D eigenvalue weighted by atomic mass is 127. The van der Waals surface area contributed by atoms with Gasteiger partial charge in [-0.15, -0.1) is 0 Å². The third-order valence-corrected chi connectivity index (χ3v) is 6.27. The molecule has 1 atom stereocenters. The molecule has 9 heteroatoms. The van der Waals surface area contributed by atoms with Gasteiger partial charge >= 0.3 is 0 Å². The summed E-state index contributed by atoms with van der Waals surface area (Å²) in [5.74, 6) is 0.900. The molecule has 3 aromatic carbocycles. The summed E-state index contributed by atoms with van der Waals surface area (Å²) in [7, 11) is 0. The highest BCUT2D eigenvalue weighted by molar-refractivity contribution is 14.1. The molecule has 33 heavy (non-hydrogen) atoms. The van der Waals surface area contributed by atoms with Crippen LogP contribution in [0.1, 0.15) is 22.3 Å². The number of anilines is 2. The van der Waals surface area contributed by atoms with Crippen LogP contribution in [0, 0.1) is 13.7 Å². The van der Waals surface area contributed by atoms with Crippen LogP contribution in [0.3, 0.4) is 0 Å². The maximum atomic E-state index is 13.6. The Balaban J connectivity index is 1.56. The van der Waals surface area contributed by atoms with E-state index in [2.05, 4.69) is 27.9 Å². The van der Waals surface area contributed by atoms with Crippen LogP contribution < -0.4 is 10.2 Å². The first-order chi connectivity index (χ1) is 15.9. The smallest absolute Gasteiger partial charge is 0.269 e. The van der Waals surface area contributed by atoms with Gasteiger partial charge in [0.05, 0.1) is 10.5 Å². The number of hydrogen-bond donors (Lipinski definition) is 1. The number of non-ortho nitro benzene ring substituents is 1. The van der Waals surface area contributed by atoms with Crippen molar-refractivity contribution in [3.05, 3.63) is 109 Å². The molecule has 0 saturated heterocycles. The van der Waals surface area contributed by atoms with Gasteiger partial charge in [0.15, 0.2) is 6.17 Å². The number of nitro groups is 1. The van der Waals surface area contributed by atoms with E-state index in [9.17, 15) is 14.9 Å². The van der Waals surface area contributed by atoms with Crippen LogP contribution in [-0.2, 0) is 0 Å². The van der Waals surface area contributed by atoms with Gasteiger partial charge in [-0.2, -0.15) is 0 Å². The van der Waals surface area contributed by atoms with Crippen molar-refractivity contribution in [1.82, 2.24) is 0 Å². The molecule has 1 N–H and O–H groups in total. The predicted octanol–water partition coefficient (Wildman–Crippen LogP) is 6.88. The maximum Gasteiger partial charge on any atom is 0.269 e. The summed E-state index contributed by atoms with van der Waals surface area (Å²) in [6.45, 7) is 0. The molecule has 4 aromatic rings. The molecule has 1 amide bonds. The largest absolute Gasteiger partial charge is 0.457 e. The van der Waals surface area contributed by atoms with Crippen LogP contribution in [0.2, 0.25) is 5.02 Å². The van der Waals surface area contributed by atoms with Crippen molar-refractivity contribution in [3.63, 3.8) is 0 Å². The zero-order chi connectivity index (χ0) is 23.1. The maximum absolute atomic E-state index is 13.6. The molecule has 1 aromatic heterocycles. The van der Waals surface area contributed by atoms with Crippen molar-refractivity contribution in [3.8, 4) is 11.3 Å². The van der Waals surface area contributed by atoms with Gasteiger partial charge in [-0.1, -0.05) is 11.6 Å². The Labute approximate surface area is 207 Å². The average Bonchev–Trinajstić information content (AvgIpc) is 3.30. The second-order valence-electron chi connectivity index (χ2n) is 7.39. The van der Waals surface area contributed by atoms with E-state index in [1.165, 1.54) is 12.1 Å². The van der Waals surface area contributed by atoms with E-state index in [1.54, 1.807) is 53.4 Å². The highest BCUT2D eigenvalue weighted by Crippen LogP contribution is 2.39. The Bertz CT molecular complexity index is 1370. The molecule has 0 saturated carbocycles. The molecular formula is C24H15ClIN3O4. The lowest BCUT2D eigenvalue weighted by Gasteiger charge is -2.36. The fourth-order valence-electron chi connectivity index (χ4n) is 3.75. The van der Waals surface area contributed by atoms with E-state index < -0.39 is 11.1 Å². The second-order valence-corrected chi connectivity index (χ2v) is 9.08. The Morgan fingerprint density at radius 3 is 2.42 bits per heavy atom. The molecule has 164 valence electrons. The van der Waals surface area contributed by atoms with Gasteiger partial charge in [-0.3, -0.25) is 19.8 Å². The topological polar surface area (TPSA) is 88.6 Å². The summed E-state index contributed by atoms with van der Waals surface area (Å²) in [6, 6.07) is 22.4. The van der Waals surface area contributed by atoms with Crippen LogP contribution >= 0.6 is 34.2 Å². The van der Waals surface area contributed by atoms with E-state index in [1.807, 2.05) is 18.2 Å². The molecule has 1 aliphatic heterocycles. The average molecular weight is 572 g/mol. The first kappa shape index (κ1) is 21.5. The minimum atomic E-state index is -0.599. The zero-order valence-corrected chi connectivity index (χ0v) is 19.8. The third kappa shape index (κ3) is 4.07. The Morgan fingerprint density at radius 1 is 1.00 bits per heavy atom. The summed E-state index contributed by atoms with van der Waals surface area (Å²) in [5, 5.41) is 14.9. The molecule has 1 unspecified atom stereocenters. The van der Waals surface area contributed by atoms with E-state index in [4.69, 9.17) is 16.0 Å². The minimum absolute atomic E-state index is 0.00484. The van der Waals surface area contributed by atoms with Crippen molar-refractivity contribution in [2.75, 3.05) is 10.2 Å². The number of amides is 1. The molecule has 0 aliphatic carbocycles. The van der Waals surface area contributed by atoms with Gasteiger partial charge < -0.3 is 9.73 Å². The molecule has 0 bridgehead atoms. The number of carbonyl (C=O) groups is 1. The molecule has 2 heterocycles. The number of halogens is 2. The zero-order valence-electron chi connectivity index (χ0n) is 16.9. The van der Waals surface area contributed by atoms with E-state index in [0.29, 0.717) is 39.0 Å². The van der Waals surface area contributed by atoms with Crippen molar-refractivity contribution < 1.29 is 14.1 Å². The number of nitrogens with zero attached hydrogens (tertiary/aromatic N) is 2. The van der Waals surface area contributed by atoms with Crippen molar-refractivity contribution in [2.24, 2.45) is 0 Å². The van der Waals surface area contributed by atoms with E-state index in [0.717, 1.165) is 3.57 Å². The van der Waals surface area contributed by atoms with Crippen molar-refractivity contribution in [2.45, 2.75) is 6.17 Å². The minimum Gasteiger partial charge on any atom is -0.457 e. The number of nitro benzene ring substituents is 1. The van der Waals surface area contributed by atoms with Gasteiger partial charge in [0, 0.05) is 37.7 Å². The van der Waals surface area contributed by atoms with Crippen LogP contribution in [0.25, 0.3) is 11.3 Å². The van der Waals surface area contributed by atoms with Crippen LogP contribution in [0.4, 0.5) is 17.1 Å². The fourth-order valence-corrected chi connectivity index (χ4v) is 4.36. The number of nitrogens with one attached hydrogen (secondary N) is 1. The fraction of sp³-hybridized carbons (Fsp3) is 0.0417. The molecule has 0 radical (unpaired) electrons. The molecule has 0 fully saturated rings. The summed E-state index contributed by atoms with van der Waals surface area (Å²) in [5.41, 5.74) is 2.64. The van der Waals surface area contributed by atoms with Gasteiger partial charge in [0.1, 0.15) is 11.5 Å². The molecule has 5 rings (SSSR count). The van der Waals surface area contributed by atoms with Crippen LogP contribution in [0.5, 0.6) is 0 Å². The van der Waals surface area contributed by atoms with Gasteiger partial charge in [0.25, 0.3) is 11.6 Å². The van der Waals surface area contributed by atoms with Gasteiger partial charge in [0.2, 0.25) is 0 Å². The first-order valence-corrected chi connectivity index (χ1v) is 11.4. The number of rotatable bonds is 4. The number of carbonyl (C=O) groups excluding carboxylic acids is 1. The van der Waals surface area contributed by atoms with Gasteiger partial charge in [-0.25, -0.2) is 0 Å². The summed E-state index contributed by atoms with van der Waals surface area (Å²) >= 11 is 8.24. The Kier molecular flexibility index (Phi) is 5.55. The third-order valence-electron chi connectivity index (χ3n) is 5.34. The predicted molar refractivity (Wildman–Crippen MR) is 135 cm³/mol. The first-order valence-electron chi connectivity index (χ1n) is 9.90. The van der Waals surface area contributed by atoms with E-state index in [-0.39, 0.29) is 11.6 Å². The number of hydrogen-bond acceptors (Lipinski definition) is 5. The quantitative estimate of drug-likeness (QED) is 0.164. The molecule has 7 nitrogen and oxygen atoms in total. The van der Waals surface area contributed by atoms with E-state index >= 15 is 0 Å². The molecular weight excluding hydrogens is 557 g/mol. The van der Waals surface area contributed by atoms with Gasteiger partial charge in [-0.05, 0) is 89.3 Å². The lowest BCUT2D eigenvalue weighted by molar-refractivity contribution is -0.384. The SMILES string of the molecule is O=C1c2cc(I)ccc2NC(c2ccc(-c3ccc([N+](=O)[O-])cc3)o2)N1c1ccc(Cl)cc1. The lowest BCUT2D eigenvalue weighted by Crippen LogP contribution is -2.43. The standard InChI is InChI=1S/C24H15ClIN3O4/c25-15-3-8-17(9-4-15)28-23(27-20-10-5-16(26)13-19(20)24(28)30)22-12-11-21(33-22)14-1-6-18(7-2-14)29(31)32/h1-13,23,27H. The summed E-state index contributed by atoms with van der Waals surface area (Å²) in [6.07, 6.45) is -0.599. The Morgan fingerprint density at radius 2 is 1.73 bits per heavy atom. The summed E-state index contributed by atoms with van der Waals surface area (Å²) < 4.78 is 7.07. The molecule has 1 aliphatic rings. The highest BCUT2D eigenvalue weighted by Gasteiger charge is 2.36. The number of fused-ring (bicyclic) bond motifs is 1. The second kappa shape index (κ2) is 8.53. The monoisotopic (exact) mass is 571 g/mol. The van der Waals surface area contributed by atoms with Crippen molar-refractivity contribution >= 4 is 57.2 Å². The lowest BCUT2D eigenvalue weighted by atomic mass is 10.1. The molecule has 0 spiro atoms. The number of furan rings is 1. The summed E-state index contributed by atoms with van der Waals surface area (Å²) in [4.78, 5) is 25.7.